The second kappa shape index (κ2) is 7.21. The number of sulfonamides is 1. The van der Waals surface area contributed by atoms with E-state index in [1.165, 1.54) is 41.1 Å². The molecule has 1 heterocycles. The van der Waals surface area contributed by atoms with Crippen molar-refractivity contribution >= 4 is 21.6 Å². The highest BCUT2D eigenvalue weighted by atomic mass is 32.2. The monoisotopic (exact) mass is 401 g/mol. The zero-order valence-corrected chi connectivity index (χ0v) is 15.2. The Bertz CT molecular complexity index is 1150. The molecule has 0 aliphatic rings. The Morgan fingerprint density at radius 2 is 1.71 bits per heavy atom. The summed E-state index contributed by atoms with van der Waals surface area (Å²) in [6.45, 7) is 0. The number of hydrogen-bond donors (Lipinski definition) is 2. The van der Waals surface area contributed by atoms with E-state index < -0.39 is 20.9 Å². The number of hydrogen-bond acceptors (Lipinski definition) is 6. The standard InChI is InChI=1S/C17H15N5O5S/c18-17(23)10-12-9-16(11-1-3-14(4-2-11)22(24)25)21(20-12)13-5-7-15(8-6-13)28(19,26)27/h1-9H,10H2,(H2,18,23)(H2,19,26,27). The van der Waals surface area contributed by atoms with Crippen molar-refractivity contribution in [3.05, 3.63) is 70.4 Å². The molecule has 3 aromatic rings. The summed E-state index contributed by atoms with van der Waals surface area (Å²) in [5.41, 5.74) is 7.25. The van der Waals surface area contributed by atoms with Crippen molar-refractivity contribution in [1.29, 1.82) is 0 Å². The van der Waals surface area contributed by atoms with Crippen LogP contribution in [0.4, 0.5) is 5.69 Å². The van der Waals surface area contributed by atoms with E-state index in [0.717, 1.165) is 0 Å². The molecule has 0 radical (unpaired) electrons. The lowest BCUT2D eigenvalue weighted by atomic mass is 10.1. The van der Waals surface area contributed by atoms with Gasteiger partial charge in [0.2, 0.25) is 15.9 Å². The number of nitrogens with zero attached hydrogens (tertiary/aromatic N) is 3. The van der Waals surface area contributed by atoms with Crippen molar-refractivity contribution in [2.45, 2.75) is 11.3 Å². The Balaban J connectivity index is 2.10. The van der Waals surface area contributed by atoms with E-state index in [0.29, 0.717) is 22.6 Å². The predicted octanol–water partition coefficient (Wildman–Crippen LogP) is 1.12. The number of aromatic nitrogens is 2. The van der Waals surface area contributed by atoms with E-state index in [2.05, 4.69) is 5.10 Å². The van der Waals surface area contributed by atoms with Crippen LogP contribution in [-0.2, 0) is 21.2 Å². The minimum absolute atomic E-state index is 0.0577. The normalized spacial score (nSPS) is 11.3. The van der Waals surface area contributed by atoms with Gasteiger partial charge in [0.25, 0.3) is 5.69 Å². The lowest BCUT2D eigenvalue weighted by Crippen LogP contribution is -2.14. The first kappa shape index (κ1) is 19.2. The second-order valence-electron chi connectivity index (χ2n) is 5.92. The van der Waals surface area contributed by atoms with Crippen LogP contribution in [0.1, 0.15) is 5.69 Å². The highest BCUT2D eigenvalue weighted by Gasteiger charge is 2.15. The molecular formula is C17H15N5O5S. The molecule has 0 bridgehead atoms. The summed E-state index contributed by atoms with van der Waals surface area (Å²) >= 11 is 0. The first-order valence-electron chi connectivity index (χ1n) is 7.90. The Kier molecular flexibility index (Phi) is 4.94. The summed E-state index contributed by atoms with van der Waals surface area (Å²) in [4.78, 5) is 21.5. The number of primary amides is 1. The average Bonchev–Trinajstić information content (AvgIpc) is 3.04. The van der Waals surface area contributed by atoms with Gasteiger partial charge in [-0.1, -0.05) is 0 Å². The molecule has 0 aliphatic carbocycles. The number of carbonyl (C=O) groups is 1. The van der Waals surface area contributed by atoms with Crippen LogP contribution in [0, 0.1) is 10.1 Å². The lowest BCUT2D eigenvalue weighted by molar-refractivity contribution is -0.384. The van der Waals surface area contributed by atoms with Gasteiger partial charge in [-0.2, -0.15) is 5.10 Å². The number of non-ortho nitro benzene ring substituents is 1. The van der Waals surface area contributed by atoms with Gasteiger partial charge in [0.05, 0.1) is 33.3 Å². The van der Waals surface area contributed by atoms with Crippen LogP contribution >= 0.6 is 0 Å². The smallest absolute Gasteiger partial charge is 0.269 e. The Morgan fingerprint density at radius 1 is 1.11 bits per heavy atom. The van der Waals surface area contributed by atoms with Gasteiger partial charge < -0.3 is 5.73 Å². The quantitative estimate of drug-likeness (QED) is 0.464. The van der Waals surface area contributed by atoms with Crippen LogP contribution in [0.2, 0.25) is 0 Å². The summed E-state index contributed by atoms with van der Waals surface area (Å²) in [6.07, 6.45) is -0.0950. The largest absolute Gasteiger partial charge is 0.369 e. The van der Waals surface area contributed by atoms with Crippen LogP contribution in [0.3, 0.4) is 0 Å². The summed E-state index contributed by atoms with van der Waals surface area (Å²) in [5, 5.41) is 20.3. The predicted molar refractivity (Wildman–Crippen MR) is 99.9 cm³/mol. The van der Waals surface area contributed by atoms with Crippen LogP contribution in [-0.4, -0.2) is 29.0 Å². The van der Waals surface area contributed by atoms with Gasteiger partial charge in [-0.15, -0.1) is 0 Å². The second-order valence-corrected chi connectivity index (χ2v) is 7.48. The fourth-order valence-corrected chi connectivity index (χ4v) is 3.14. The maximum absolute atomic E-state index is 11.4. The van der Waals surface area contributed by atoms with Crippen LogP contribution in [0.15, 0.2) is 59.5 Å². The molecule has 0 spiro atoms. The Labute approximate surface area is 159 Å². The fourth-order valence-electron chi connectivity index (χ4n) is 2.63. The van der Waals surface area contributed by atoms with Crippen LogP contribution in [0.25, 0.3) is 16.9 Å². The maximum Gasteiger partial charge on any atom is 0.269 e. The van der Waals surface area contributed by atoms with Gasteiger partial charge >= 0.3 is 0 Å². The van der Waals surface area contributed by atoms with Crippen molar-refractivity contribution in [3.8, 4) is 16.9 Å². The zero-order chi connectivity index (χ0) is 20.5. The minimum atomic E-state index is -3.84. The third-order valence-electron chi connectivity index (χ3n) is 3.90. The number of rotatable bonds is 6. The number of nitrogens with two attached hydrogens (primary N) is 2. The number of nitro benzene ring substituents is 1. The number of amides is 1. The summed E-state index contributed by atoms with van der Waals surface area (Å²) < 4.78 is 24.4. The van der Waals surface area contributed by atoms with E-state index in [9.17, 15) is 23.3 Å². The molecule has 2 aromatic carbocycles. The molecular weight excluding hydrogens is 386 g/mol. The molecule has 1 amide bonds. The molecule has 0 aliphatic heterocycles. The number of nitro groups is 1. The average molecular weight is 401 g/mol. The molecule has 3 rings (SSSR count). The highest BCUT2D eigenvalue weighted by Crippen LogP contribution is 2.26. The Morgan fingerprint density at radius 3 is 2.21 bits per heavy atom. The number of primary sulfonamides is 1. The molecule has 0 saturated carbocycles. The van der Waals surface area contributed by atoms with Gasteiger partial charge in [-0.05, 0) is 42.5 Å². The van der Waals surface area contributed by atoms with E-state index in [1.54, 1.807) is 18.2 Å². The van der Waals surface area contributed by atoms with Crippen LogP contribution < -0.4 is 10.9 Å². The van der Waals surface area contributed by atoms with E-state index in [1.807, 2.05) is 0 Å². The number of benzene rings is 2. The van der Waals surface area contributed by atoms with Gasteiger partial charge in [0.1, 0.15) is 0 Å². The van der Waals surface area contributed by atoms with Gasteiger partial charge in [0.15, 0.2) is 0 Å². The summed E-state index contributed by atoms with van der Waals surface area (Å²) in [7, 11) is -3.84. The summed E-state index contributed by atoms with van der Waals surface area (Å²) in [5.74, 6) is -0.565. The van der Waals surface area contributed by atoms with Crippen LogP contribution in [0.5, 0.6) is 0 Å². The molecule has 0 unspecified atom stereocenters. The molecule has 0 atom stereocenters. The zero-order valence-electron chi connectivity index (χ0n) is 14.3. The number of carbonyl (C=O) groups excluding carboxylic acids is 1. The SMILES string of the molecule is NC(=O)Cc1cc(-c2ccc([N+](=O)[O-])cc2)n(-c2ccc(S(N)(=O)=O)cc2)n1. The first-order chi connectivity index (χ1) is 13.1. The van der Waals surface area contributed by atoms with Crippen molar-refractivity contribution in [1.82, 2.24) is 9.78 Å². The van der Waals surface area contributed by atoms with Gasteiger partial charge in [-0.25, -0.2) is 18.2 Å². The van der Waals surface area contributed by atoms with E-state index >= 15 is 0 Å². The molecule has 0 saturated heterocycles. The topological polar surface area (TPSA) is 164 Å². The molecule has 0 fully saturated rings. The molecule has 144 valence electrons. The van der Waals surface area contributed by atoms with Crippen molar-refractivity contribution < 1.29 is 18.1 Å². The minimum Gasteiger partial charge on any atom is -0.369 e. The lowest BCUT2D eigenvalue weighted by Gasteiger charge is -2.08. The third kappa shape index (κ3) is 4.05. The summed E-state index contributed by atoms with van der Waals surface area (Å²) in [6, 6.07) is 13.1. The van der Waals surface area contributed by atoms with Crippen molar-refractivity contribution in [3.63, 3.8) is 0 Å². The Hall–Kier alpha value is -3.57. The molecule has 28 heavy (non-hydrogen) atoms. The maximum atomic E-state index is 11.4. The first-order valence-corrected chi connectivity index (χ1v) is 9.45. The molecule has 11 heteroatoms. The van der Waals surface area contributed by atoms with Gasteiger partial charge in [0, 0.05) is 17.7 Å². The molecule has 1 aromatic heterocycles. The van der Waals surface area contributed by atoms with Crippen molar-refractivity contribution in [2.24, 2.45) is 10.9 Å². The molecule has 4 N–H and O–H groups in total. The van der Waals surface area contributed by atoms with E-state index in [4.69, 9.17) is 10.9 Å². The fraction of sp³-hybridized carbons (Fsp3) is 0.0588. The van der Waals surface area contributed by atoms with E-state index in [-0.39, 0.29) is 17.0 Å². The molecule has 10 nitrogen and oxygen atoms in total. The van der Waals surface area contributed by atoms with Gasteiger partial charge in [-0.3, -0.25) is 14.9 Å². The van der Waals surface area contributed by atoms with Crippen molar-refractivity contribution in [2.75, 3.05) is 0 Å². The third-order valence-corrected chi connectivity index (χ3v) is 4.83. The highest BCUT2D eigenvalue weighted by molar-refractivity contribution is 7.89.